The first kappa shape index (κ1) is 12.7. The van der Waals surface area contributed by atoms with Gasteiger partial charge in [-0.05, 0) is 12.3 Å². The lowest BCUT2D eigenvalue weighted by molar-refractivity contribution is -0.151. The van der Waals surface area contributed by atoms with E-state index in [2.05, 4.69) is 0 Å². The van der Waals surface area contributed by atoms with E-state index in [1.807, 2.05) is 6.92 Å². The molecule has 16 heavy (non-hydrogen) atoms. The van der Waals surface area contributed by atoms with Crippen molar-refractivity contribution in [3.63, 3.8) is 0 Å². The molecule has 1 rings (SSSR count). The molecule has 5 nitrogen and oxygen atoms in total. The topological polar surface area (TPSA) is 74.7 Å². The number of carbonyl (C=O) groups is 3. The Morgan fingerprint density at radius 2 is 1.94 bits per heavy atom. The molecule has 0 spiro atoms. The number of hydrogen-bond donors (Lipinski definition) is 1. The van der Waals surface area contributed by atoms with Crippen molar-refractivity contribution in [3.8, 4) is 0 Å². The average Bonchev–Trinajstić information content (AvgIpc) is 2.15. The van der Waals surface area contributed by atoms with Gasteiger partial charge in [-0.1, -0.05) is 13.8 Å². The Morgan fingerprint density at radius 1 is 1.44 bits per heavy atom. The maximum atomic E-state index is 11.6. The van der Waals surface area contributed by atoms with E-state index in [1.165, 1.54) is 4.90 Å². The largest absolute Gasteiger partial charge is 0.481 e. The Hall–Kier alpha value is -1.39. The summed E-state index contributed by atoms with van der Waals surface area (Å²) in [7, 11) is 0. The number of rotatable bonds is 4. The first-order chi connectivity index (χ1) is 7.41. The lowest BCUT2D eigenvalue weighted by Gasteiger charge is -2.28. The molecule has 0 saturated carbocycles. The molecule has 1 fully saturated rings. The number of hydrogen-bond acceptors (Lipinski definition) is 3. The quantitative estimate of drug-likeness (QED) is 0.723. The fraction of sp³-hybridized carbons (Fsp3) is 0.727. The van der Waals surface area contributed by atoms with Gasteiger partial charge in [0, 0.05) is 19.4 Å². The van der Waals surface area contributed by atoms with Gasteiger partial charge in [0.1, 0.15) is 0 Å². The molecule has 1 heterocycles. The Labute approximate surface area is 94.4 Å². The summed E-state index contributed by atoms with van der Waals surface area (Å²) in [5, 5.41) is 8.70. The Morgan fingerprint density at radius 3 is 2.38 bits per heavy atom. The van der Waals surface area contributed by atoms with E-state index in [-0.39, 0.29) is 24.3 Å². The highest BCUT2D eigenvalue weighted by Crippen LogP contribution is 2.19. The molecule has 1 saturated heterocycles. The van der Waals surface area contributed by atoms with Crippen LogP contribution in [0.3, 0.4) is 0 Å². The van der Waals surface area contributed by atoms with Crippen molar-refractivity contribution >= 4 is 17.8 Å². The highest BCUT2D eigenvalue weighted by atomic mass is 16.4. The van der Waals surface area contributed by atoms with Gasteiger partial charge < -0.3 is 5.11 Å². The van der Waals surface area contributed by atoms with Gasteiger partial charge in [-0.15, -0.1) is 0 Å². The molecule has 1 aliphatic heterocycles. The lowest BCUT2D eigenvalue weighted by Crippen LogP contribution is -2.43. The van der Waals surface area contributed by atoms with E-state index in [9.17, 15) is 14.4 Å². The highest BCUT2D eigenvalue weighted by molar-refractivity contribution is 5.97. The van der Waals surface area contributed by atoms with Gasteiger partial charge in [-0.3, -0.25) is 19.3 Å². The summed E-state index contributed by atoms with van der Waals surface area (Å²) >= 11 is 0. The van der Waals surface area contributed by atoms with Crippen molar-refractivity contribution in [2.75, 3.05) is 6.54 Å². The number of amides is 2. The van der Waals surface area contributed by atoms with Crippen LogP contribution in [0.5, 0.6) is 0 Å². The van der Waals surface area contributed by atoms with Crippen LogP contribution in [0, 0.1) is 11.8 Å². The molecule has 0 bridgehead atoms. The summed E-state index contributed by atoms with van der Waals surface area (Å²) < 4.78 is 0. The van der Waals surface area contributed by atoms with Crippen LogP contribution < -0.4 is 0 Å². The molecular weight excluding hydrogens is 210 g/mol. The summed E-state index contributed by atoms with van der Waals surface area (Å²) in [6, 6.07) is 0. The monoisotopic (exact) mass is 227 g/mol. The molecule has 1 unspecified atom stereocenters. The second-order valence-corrected chi connectivity index (χ2v) is 4.48. The predicted molar refractivity (Wildman–Crippen MR) is 56.5 cm³/mol. The zero-order valence-corrected chi connectivity index (χ0v) is 9.60. The number of imide groups is 1. The molecule has 1 atom stereocenters. The van der Waals surface area contributed by atoms with Crippen molar-refractivity contribution in [1.82, 2.24) is 4.90 Å². The molecule has 0 aromatic rings. The van der Waals surface area contributed by atoms with Crippen LogP contribution in [0.2, 0.25) is 0 Å². The van der Waals surface area contributed by atoms with E-state index in [4.69, 9.17) is 5.11 Å². The number of aliphatic carboxylic acids is 1. The van der Waals surface area contributed by atoms with Crippen molar-refractivity contribution in [3.05, 3.63) is 0 Å². The first-order valence-electron chi connectivity index (χ1n) is 5.47. The molecular formula is C11H17NO4. The SMILES string of the molecule is CC1CC(=O)N(CCC(C)C(=O)O)C(=O)C1. The number of carboxylic acid groups (broad SMARTS) is 1. The molecule has 5 heteroatoms. The molecule has 1 N–H and O–H groups in total. The lowest BCUT2D eigenvalue weighted by atomic mass is 9.97. The number of carbonyl (C=O) groups excluding carboxylic acids is 2. The summed E-state index contributed by atoms with van der Waals surface area (Å²) in [6.45, 7) is 3.66. The van der Waals surface area contributed by atoms with E-state index >= 15 is 0 Å². The van der Waals surface area contributed by atoms with Crippen LogP contribution in [0.1, 0.15) is 33.1 Å². The Bertz CT molecular complexity index is 295. The van der Waals surface area contributed by atoms with Gasteiger partial charge in [-0.2, -0.15) is 0 Å². The number of likely N-dealkylation sites (tertiary alicyclic amines) is 1. The molecule has 0 radical (unpaired) electrons. The maximum Gasteiger partial charge on any atom is 0.306 e. The van der Waals surface area contributed by atoms with Crippen molar-refractivity contribution in [2.24, 2.45) is 11.8 Å². The third-order valence-corrected chi connectivity index (χ3v) is 2.86. The highest BCUT2D eigenvalue weighted by Gasteiger charge is 2.30. The van der Waals surface area contributed by atoms with E-state index in [0.29, 0.717) is 19.3 Å². The van der Waals surface area contributed by atoms with E-state index < -0.39 is 11.9 Å². The zero-order chi connectivity index (χ0) is 12.3. The predicted octanol–water partition coefficient (Wildman–Crippen LogP) is 0.882. The second-order valence-electron chi connectivity index (χ2n) is 4.48. The minimum atomic E-state index is -0.898. The van der Waals surface area contributed by atoms with Crippen molar-refractivity contribution < 1.29 is 19.5 Å². The van der Waals surface area contributed by atoms with Gasteiger partial charge in [0.05, 0.1) is 5.92 Å². The molecule has 0 aromatic carbocycles. The average molecular weight is 227 g/mol. The zero-order valence-electron chi connectivity index (χ0n) is 9.60. The molecule has 0 aromatic heterocycles. The van der Waals surface area contributed by atoms with Crippen LogP contribution in [0.4, 0.5) is 0 Å². The van der Waals surface area contributed by atoms with Crippen molar-refractivity contribution in [2.45, 2.75) is 33.1 Å². The van der Waals surface area contributed by atoms with Gasteiger partial charge in [-0.25, -0.2) is 0 Å². The molecule has 90 valence electrons. The van der Waals surface area contributed by atoms with Crippen LogP contribution in [0.15, 0.2) is 0 Å². The standard InChI is InChI=1S/C11H17NO4/c1-7-5-9(13)12(10(14)6-7)4-3-8(2)11(15)16/h7-8H,3-6H2,1-2H3,(H,15,16). The molecule has 0 aliphatic carbocycles. The summed E-state index contributed by atoms with van der Waals surface area (Å²) in [5.74, 6) is -1.68. The normalized spacial score (nSPS) is 20.0. The number of nitrogens with zero attached hydrogens (tertiary/aromatic N) is 1. The third-order valence-electron chi connectivity index (χ3n) is 2.86. The Balaban J connectivity index is 2.50. The fourth-order valence-corrected chi connectivity index (χ4v) is 1.72. The van der Waals surface area contributed by atoms with Gasteiger partial charge >= 0.3 is 5.97 Å². The van der Waals surface area contributed by atoms with Crippen LogP contribution in [-0.4, -0.2) is 34.3 Å². The third kappa shape index (κ3) is 3.05. The van der Waals surface area contributed by atoms with Crippen LogP contribution >= 0.6 is 0 Å². The minimum absolute atomic E-state index is 0.105. The van der Waals surface area contributed by atoms with Gasteiger partial charge in [0.15, 0.2) is 0 Å². The molecule has 2 amide bonds. The maximum absolute atomic E-state index is 11.6. The number of carboxylic acids is 1. The van der Waals surface area contributed by atoms with Crippen LogP contribution in [0.25, 0.3) is 0 Å². The minimum Gasteiger partial charge on any atom is -0.481 e. The number of piperidine rings is 1. The van der Waals surface area contributed by atoms with E-state index in [0.717, 1.165) is 0 Å². The van der Waals surface area contributed by atoms with Gasteiger partial charge in [0.25, 0.3) is 0 Å². The summed E-state index contributed by atoms with van der Waals surface area (Å²) in [5.41, 5.74) is 0. The second kappa shape index (κ2) is 5.09. The van der Waals surface area contributed by atoms with Crippen molar-refractivity contribution in [1.29, 1.82) is 0 Å². The molecule has 1 aliphatic rings. The summed E-state index contributed by atoms with van der Waals surface area (Å²) in [6.07, 6.45) is 1.08. The summed E-state index contributed by atoms with van der Waals surface area (Å²) in [4.78, 5) is 34.9. The van der Waals surface area contributed by atoms with Crippen LogP contribution in [-0.2, 0) is 14.4 Å². The van der Waals surface area contributed by atoms with E-state index in [1.54, 1.807) is 6.92 Å². The first-order valence-corrected chi connectivity index (χ1v) is 5.47. The Kier molecular flexibility index (Phi) is 4.04. The smallest absolute Gasteiger partial charge is 0.306 e. The van der Waals surface area contributed by atoms with Gasteiger partial charge in [0.2, 0.25) is 11.8 Å². The fourth-order valence-electron chi connectivity index (χ4n) is 1.72.